The van der Waals surface area contributed by atoms with Gasteiger partial charge in [-0.1, -0.05) is 0 Å². The number of fused-ring (bicyclic) bond motifs is 1. The highest BCUT2D eigenvalue weighted by Crippen LogP contribution is 2.34. The summed E-state index contributed by atoms with van der Waals surface area (Å²) in [6, 6.07) is 1.70. The van der Waals surface area contributed by atoms with Crippen LogP contribution in [0.4, 0.5) is 0 Å². The van der Waals surface area contributed by atoms with Crippen molar-refractivity contribution in [2.75, 3.05) is 14.2 Å². The van der Waals surface area contributed by atoms with Crippen LogP contribution >= 0.6 is 0 Å². The maximum atomic E-state index is 11.5. The quantitative estimate of drug-likeness (QED) is 0.631. The summed E-state index contributed by atoms with van der Waals surface area (Å²) in [6.45, 7) is 6.38. The lowest BCUT2D eigenvalue weighted by molar-refractivity contribution is 0.0552. The van der Waals surface area contributed by atoms with Crippen LogP contribution in [0.5, 0.6) is 0 Å². The largest absolute Gasteiger partial charge is 0.547 e. The molecule has 1 aliphatic carbocycles. The number of hydrogen-bond donors (Lipinski definition) is 0. The smallest absolute Gasteiger partial charge is 0.373 e. The summed E-state index contributed by atoms with van der Waals surface area (Å²) in [6.07, 6.45) is 2.19. The first kappa shape index (κ1) is 14.9. The topological polar surface area (TPSA) is 57.9 Å². The van der Waals surface area contributed by atoms with Gasteiger partial charge in [-0.05, 0) is 31.8 Å². The summed E-state index contributed by atoms with van der Waals surface area (Å²) in [5.74, 6) is 1.24. The third kappa shape index (κ3) is 3.13. The summed E-state index contributed by atoms with van der Waals surface area (Å²) in [5, 5.41) is 0. The number of rotatable bonds is 4. The van der Waals surface area contributed by atoms with Crippen molar-refractivity contribution in [2.24, 2.45) is 0 Å². The summed E-state index contributed by atoms with van der Waals surface area (Å²) in [4.78, 5) is 11.5. The first-order chi connectivity index (χ1) is 9.34. The Labute approximate surface area is 119 Å². The van der Waals surface area contributed by atoms with Crippen LogP contribution in [0, 0.1) is 0 Å². The molecule has 1 aromatic heterocycles. The third-order valence-corrected chi connectivity index (χ3v) is 3.75. The zero-order valence-electron chi connectivity index (χ0n) is 12.5. The van der Waals surface area contributed by atoms with Crippen LogP contribution in [0.2, 0.25) is 19.6 Å². The lowest BCUT2D eigenvalue weighted by atomic mass is 10.0. The predicted molar refractivity (Wildman–Crippen MR) is 76.0 cm³/mol. The zero-order chi connectivity index (χ0) is 14.9. The number of esters is 1. The van der Waals surface area contributed by atoms with E-state index < -0.39 is 14.3 Å². The van der Waals surface area contributed by atoms with E-state index in [2.05, 4.69) is 24.4 Å². The van der Waals surface area contributed by atoms with E-state index in [4.69, 9.17) is 13.6 Å². The number of carbonyl (C=O) groups is 1. The molecule has 0 unspecified atom stereocenters. The predicted octanol–water partition coefficient (Wildman–Crippen LogP) is 3.05. The van der Waals surface area contributed by atoms with E-state index in [-0.39, 0.29) is 11.9 Å². The maximum absolute atomic E-state index is 11.5. The molecule has 1 aliphatic rings. The highest BCUT2D eigenvalue weighted by atomic mass is 28.4. The maximum Gasteiger partial charge on any atom is 0.373 e. The first-order valence-corrected chi connectivity index (χ1v) is 9.88. The molecule has 6 heteroatoms. The Hall–Kier alpha value is -1.53. The van der Waals surface area contributed by atoms with Crippen molar-refractivity contribution < 1.29 is 23.1 Å². The Balaban J connectivity index is 2.29. The molecule has 1 atom stereocenters. The molecule has 0 radical (unpaired) electrons. The van der Waals surface area contributed by atoms with Crippen LogP contribution in [-0.4, -0.2) is 28.5 Å². The lowest BCUT2D eigenvalue weighted by Crippen LogP contribution is -2.26. The van der Waals surface area contributed by atoms with Gasteiger partial charge in [0.1, 0.15) is 11.9 Å². The van der Waals surface area contributed by atoms with E-state index in [9.17, 15) is 4.79 Å². The van der Waals surface area contributed by atoms with Crippen LogP contribution in [0.25, 0.3) is 0 Å². The van der Waals surface area contributed by atoms with Gasteiger partial charge in [-0.3, -0.25) is 0 Å². The average molecular weight is 296 g/mol. The number of hydrogen-bond acceptors (Lipinski definition) is 5. The van der Waals surface area contributed by atoms with Gasteiger partial charge in [0.15, 0.2) is 0 Å². The van der Waals surface area contributed by atoms with E-state index in [0.29, 0.717) is 12.2 Å². The molecule has 0 aliphatic heterocycles. The Kier molecular flexibility index (Phi) is 4.05. The summed E-state index contributed by atoms with van der Waals surface area (Å²) in [7, 11) is 1.25. The molecule has 1 heterocycles. The van der Waals surface area contributed by atoms with Gasteiger partial charge in [-0.15, -0.1) is 0 Å². The van der Waals surface area contributed by atoms with Crippen molar-refractivity contribution in [3.8, 4) is 0 Å². The first-order valence-electron chi connectivity index (χ1n) is 6.47. The lowest BCUT2D eigenvalue weighted by Gasteiger charge is -2.26. The molecule has 0 amide bonds. The molecule has 1 aromatic rings. The van der Waals surface area contributed by atoms with Gasteiger partial charge >= 0.3 is 5.97 Å². The Morgan fingerprint density at radius 3 is 2.60 bits per heavy atom. The molecule has 0 fully saturated rings. The average Bonchev–Trinajstić information content (AvgIpc) is 2.78. The number of ether oxygens (including phenoxy) is 2. The second-order valence-corrected chi connectivity index (χ2v) is 10.1. The fraction of sp³-hybridized carbons (Fsp3) is 0.500. The van der Waals surface area contributed by atoms with Crippen LogP contribution in [-0.2, 0) is 20.3 Å². The van der Waals surface area contributed by atoms with Crippen LogP contribution in [0.15, 0.2) is 22.3 Å². The molecule has 0 N–H and O–H groups in total. The van der Waals surface area contributed by atoms with Gasteiger partial charge < -0.3 is 18.3 Å². The van der Waals surface area contributed by atoms with Gasteiger partial charge in [0.2, 0.25) is 14.1 Å². The molecule has 110 valence electrons. The SMILES string of the molecule is COC(=O)c1cc2c(o1)[C@H](OC)C=C(O[Si](C)(C)C)C2. The minimum atomic E-state index is -1.68. The molecule has 5 nitrogen and oxygen atoms in total. The molecular weight excluding hydrogens is 276 g/mol. The number of furan rings is 1. The Bertz CT molecular complexity index is 538. The van der Waals surface area contributed by atoms with Gasteiger partial charge in [0.05, 0.1) is 12.9 Å². The molecule has 0 bridgehead atoms. The van der Waals surface area contributed by atoms with Crippen molar-refractivity contribution in [3.63, 3.8) is 0 Å². The minimum absolute atomic E-state index is 0.196. The Morgan fingerprint density at radius 2 is 2.05 bits per heavy atom. The third-order valence-electron chi connectivity index (χ3n) is 2.88. The zero-order valence-corrected chi connectivity index (χ0v) is 13.5. The van der Waals surface area contributed by atoms with Gasteiger partial charge in [-0.25, -0.2) is 4.79 Å². The van der Waals surface area contributed by atoms with Gasteiger partial charge in [0.25, 0.3) is 0 Å². The van der Waals surface area contributed by atoms with E-state index in [1.54, 1.807) is 13.2 Å². The van der Waals surface area contributed by atoms with Crippen LogP contribution in [0.3, 0.4) is 0 Å². The van der Waals surface area contributed by atoms with Crippen LogP contribution < -0.4 is 0 Å². The molecule has 20 heavy (non-hydrogen) atoms. The highest BCUT2D eigenvalue weighted by Gasteiger charge is 2.29. The van der Waals surface area contributed by atoms with E-state index in [0.717, 1.165) is 11.3 Å². The molecular formula is C14H20O5Si. The second kappa shape index (κ2) is 5.45. The fourth-order valence-corrected chi connectivity index (χ4v) is 3.08. The molecule has 0 saturated carbocycles. The summed E-state index contributed by atoms with van der Waals surface area (Å²) in [5.41, 5.74) is 0.910. The van der Waals surface area contributed by atoms with Crippen molar-refractivity contribution in [1.29, 1.82) is 0 Å². The standard InChI is InChI=1S/C14H20O5Si/c1-16-11-8-10(19-20(3,4)5)6-9-7-12(14(15)17-2)18-13(9)11/h7-8,11H,6H2,1-5H3/t11-/m1/s1. The van der Waals surface area contributed by atoms with Crippen molar-refractivity contribution in [2.45, 2.75) is 32.2 Å². The van der Waals surface area contributed by atoms with E-state index in [1.165, 1.54) is 7.11 Å². The second-order valence-electron chi connectivity index (χ2n) is 5.67. The number of carbonyl (C=O) groups excluding carboxylic acids is 1. The number of methoxy groups -OCH3 is 2. The monoisotopic (exact) mass is 296 g/mol. The van der Waals surface area contributed by atoms with Crippen molar-refractivity contribution >= 4 is 14.3 Å². The highest BCUT2D eigenvalue weighted by molar-refractivity contribution is 6.70. The number of allylic oxidation sites excluding steroid dienone is 1. The van der Waals surface area contributed by atoms with E-state index >= 15 is 0 Å². The normalized spacial score (nSPS) is 18.2. The van der Waals surface area contributed by atoms with E-state index in [1.807, 2.05) is 6.08 Å². The van der Waals surface area contributed by atoms with Gasteiger partial charge in [-0.2, -0.15) is 0 Å². The summed E-state index contributed by atoms with van der Waals surface area (Å²) >= 11 is 0. The van der Waals surface area contributed by atoms with Gasteiger partial charge in [0, 0.05) is 19.1 Å². The van der Waals surface area contributed by atoms with Crippen molar-refractivity contribution in [3.05, 3.63) is 35.0 Å². The fourth-order valence-electron chi connectivity index (χ4n) is 2.15. The van der Waals surface area contributed by atoms with Crippen LogP contribution in [0.1, 0.15) is 28.0 Å². The molecule has 0 spiro atoms. The molecule has 2 rings (SSSR count). The molecule has 0 saturated heterocycles. The summed E-state index contributed by atoms with van der Waals surface area (Å²) < 4.78 is 21.7. The minimum Gasteiger partial charge on any atom is -0.547 e. The van der Waals surface area contributed by atoms with Crippen molar-refractivity contribution in [1.82, 2.24) is 0 Å². The molecule has 0 aromatic carbocycles. The Morgan fingerprint density at radius 1 is 1.35 bits per heavy atom.